The number of hydrogen-bond donors (Lipinski definition) is 0. The van der Waals surface area contributed by atoms with E-state index in [2.05, 4.69) is 0 Å². The van der Waals surface area contributed by atoms with Crippen molar-refractivity contribution < 1.29 is 9.53 Å². The molecule has 1 amide bonds. The maximum Gasteiger partial charge on any atom is 0.257 e. The second-order valence-electron chi connectivity index (χ2n) is 5.38. The molecular formula is C18H18ClNO2. The Hall–Kier alpha value is -2.00. The molecule has 0 atom stereocenters. The van der Waals surface area contributed by atoms with Crippen molar-refractivity contribution in [2.24, 2.45) is 0 Å². The first-order chi connectivity index (χ1) is 10.8. The van der Waals surface area contributed by atoms with Gasteiger partial charge in [-0.1, -0.05) is 41.9 Å². The van der Waals surface area contributed by atoms with E-state index in [0.717, 1.165) is 31.5 Å². The van der Waals surface area contributed by atoms with Gasteiger partial charge >= 0.3 is 0 Å². The van der Waals surface area contributed by atoms with Gasteiger partial charge in [0.15, 0.2) is 0 Å². The standard InChI is InChI=1S/C18H18ClNO2/c19-16-9-3-1-7-14(16)13-22-17-10-4-2-8-15(17)18(21)20-11-5-6-12-20/h1-4,7-10H,5-6,11-13H2. The number of amides is 1. The minimum absolute atomic E-state index is 0.0484. The third-order valence-corrected chi connectivity index (χ3v) is 4.22. The fourth-order valence-electron chi connectivity index (χ4n) is 2.63. The highest BCUT2D eigenvalue weighted by Gasteiger charge is 2.22. The molecule has 2 aromatic carbocycles. The van der Waals surface area contributed by atoms with Gasteiger partial charge in [0.25, 0.3) is 5.91 Å². The SMILES string of the molecule is O=C(c1ccccc1OCc1ccccc1Cl)N1CCCC1. The van der Waals surface area contributed by atoms with Crippen molar-refractivity contribution in [2.45, 2.75) is 19.4 Å². The number of para-hydroxylation sites is 1. The minimum Gasteiger partial charge on any atom is -0.488 e. The molecule has 0 bridgehead atoms. The van der Waals surface area contributed by atoms with Gasteiger partial charge in [-0.25, -0.2) is 0 Å². The number of likely N-dealkylation sites (tertiary alicyclic amines) is 1. The van der Waals surface area contributed by atoms with Gasteiger partial charge in [0.2, 0.25) is 0 Å². The summed E-state index contributed by atoms with van der Waals surface area (Å²) < 4.78 is 5.85. The lowest BCUT2D eigenvalue weighted by atomic mass is 10.1. The van der Waals surface area contributed by atoms with E-state index in [9.17, 15) is 4.79 Å². The summed E-state index contributed by atoms with van der Waals surface area (Å²) in [5.74, 6) is 0.659. The molecule has 0 spiro atoms. The van der Waals surface area contributed by atoms with E-state index in [1.54, 1.807) is 0 Å². The van der Waals surface area contributed by atoms with Crippen LogP contribution < -0.4 is 4.74 Å². The molecule has 0 N–H and O–H groups in total. The van der Waals surface area contributed by atoms with Crippen molar-refractivity contribution in [2.75, 3.05) is 13.1 Å². The normalized spacial score (nSPS) is 14.1. The lowest BCUT2D eigenvalue weighted by Crippen LogP contribution is -2.28. The number of carbonyl (C=O) groups excluding carboxylic acids is 1. The van der Waals surface area contributed by atoms with Crippen molar-refractivity contribution >= 4 is 17.5 Å². The molecule has 0 aromatic heterocycles. The van der Waals surface area contributed by atoms with Gasteiger partial charge in [0.05, 0.1) is 5.56 Å². The fraction of sp³-hybridized carbons (Fsp3) is 0.278. The fourth-order valence-corrected chi connectivity index (χ4v) is 2.82. The van der Waals surface area contributed by atoms with Crippen molar-refractivity contribution in [3.63, 3.8) is 0 Å². The molecule has 0 saturated carbocycles. The molecule has 2 aromatic rings. The molecule has 114 valence electrons. The zero-order valence-corrected chi connectivity index (χ0v) is 13.1. The van der Waals surface area contributed by atoms with Crippen molar-refractivity contribution in [1.82, 2.24) is 4.90 Å². The highest BCUT2D eigenvalue weighted by Crippen LogP contribution is 2.24. The molecule has 3 nitrogen and oxygen atoms in total. The highest BCUT2D eigenvalue weighted by molar-refractivity contribution is 6.31. The van der Waals surface area contributed by atoms with Gasteiger partial charge in [-0.05, 0) is 31.0 Å². The van der Waals surface area contributed by atoms with Gasteiger partial charge in [-0.2, -0.15) is 0 Å². The first-order valence-electron chi connectivity index (χ1n) is 7.50. The summed E-state index contributed by atoms with van der Waals surface area (Å²) in [6, 6.07) is 15.0. The van der Waals surface area contributed by atoms with Crippen LogP contribution in [0.3, 0.4) is 0 Å². The molecule has 0 aliphatic carbocycles. The Morgan fingerprint density at radius 1 is 1.05 bits per heavy atom. The molecule has 0 radical (unpaired) electrons. The van der Waals surface area contributed by atoms with Gasteiger partial charge < -0.3 is 9.64 Å². The molecule has 1 heterocycles. The zero-order valence-electron chi connectivity index (χ0n) is 12.3. The first kappa shape index (κ1) is 14.9. The van der Waals surface area contributed by atoms with E-state index in [1.807, 2.05) is 53.4 Å². The predicted molar refractivity (Wildman–Crippen MR) is 87.4 cm³/mol. The van der Waals surface area contributed by atoms with Crippen LogP contribution in [-0.2, 0) is 6.61 Å². The number of carbonyl (C=O) groups is 1. The van der Waals surface area contributed by atoms with Crippen LogP contribution in [0.5, 0.6) is 5.75 Å². The quantitative estimate of drug-likeness (QED) is 0.848. The van der Waals surface area contributed by atoms with Gasteiger partial charge in [0, 0.05) is 23.7 Å². The Morgan fingerprint density at radius 3 is 2.50 bits per heavy atom. The molecule has 4 heteroatoms. The summed E-state index contributed by atoms with van der Waals surface area (Å²) in [5.41, 5.74) is 1.53. The monoisotopic (exact) mass is 315 g/mol. The summed E-state index contributed by atoms with van der Waals surface area (Å²) in [6.45, 7) is 2.01. The first-order valence-corrected chi connectivity index (χ1v) is 7.88. The average Bonchev–Trinajstić information content (AvgIpc) is 3.08. The van der Waals surface area contributed by atoms with Crippen molar-refractivity contribution in [1.29, 1.82) is 0 Å². The van der Waals surface area contributed by atoms with E-state index in [-0.39, 0.29) is 5.91 Å². The lowest BCUT2D eigenvalue weighted by Gasteiger charge is -2.18. The number of benzene rings is 2. The highest BCUT2D eigenvalue weighted by atomic mass is 35.5. The minimum atomic E-state index is 0.0484. The Balaban J connectivity index is 1.76. The molecule has 1 fully saturated rings. The summed E-state index contributed by atoms with van der Waals surface area (Å²) in [7, 11) is 0. The second-order valence-corrected chi connectivity index (χ2v) is 5.78. The van der Waals surface area contributed by atoms with E-state index < -0.39 is 0 Å². The number of rotatable bonds is 4. The largest absolute Gasteiger partial charge is 0.488 e. The molecule has 22 heavy (non-hydrogen) atoms. The van der Waals surface area contributed by atoms with E-state index in [0.29, 0.717) is 22.9 Å². The molecular weight excluding hydrogens is 298 g/mol. The Labute approximate surface area is 135 Å². The Morgan fingerprint density at radius 2 is 1.73 bits per heavy atom. The van der Waals surface area contributed by atoms with Gasteiger partial charge in [-0.3, -0.25) is 4.79 Å². The molecule has 1 aliphatic heterocycles. The summed E-state index contributed by atoms with van der Waals surface area (Å²) in [4.78, 5) is 14.5. The van der Waals surface area contributed by atoms with E-state index >= 15 is 0 Å². The van der Waals surface area contributed by atoms with Gasteiger partial charge in [-0.15, -0.1) is 0 Å². The van der Waals surface area contributed by atoms with Crippen LogP contribution in [0.2, 0.25) is 5.02 Å². The van der Waals surface area contributed by atoms with Crippen LogP contribution in [0.25, 0.3) is 0 Å². The third kappa shape index (κ3) is 3.25. The Kier molecular flexibility index (Phi) is 4.64. The van der Waals surface area contributed by atoms with E-state index in [4.69, 9.17) is 16.3 Å². The molecule has 3 rings (SSSR count). The second kappa shape index (κ2) is 6.84. The van der Waals surface area contributed by atoms with Gasteiger partial charge in [0.1, 0.15) is 12.4 Å². The topological polar surface area (TPSA) is 29.5 Å². The van der Waals surface area contributed by atoms with Crippen LogP contribution in [0.4, 0.5) is 0 Å². The molecule has 1 saturated heterocycles. The Bertz CT molecular complexity index is 666. The van der Waals surface area contributed by atoms with Crippen molar-refractivity contribution in [3.8, 4) is 5.75 Å². The van der Waals surface area contributed by atoms with Crippen molar-refractivity contribution in [3.05, 3.63) is 64.7 Å². The smallest absolute Gasteiger partial charge is 0.257 e. The lowest BCUT2D eigenvalue weighted by molar-refractivity contribution is 0.0788. The molecule has 0 unspecified atom stereocenters. The average molecular weight is 316 g/mol. The predicted octanol–water partition coefficient (Wildman–Crippen LogP) is 4.16. The van der Waals surface area contributed by atoms with Crippen LogP contribution in [0, 0.1) is 0 Å². The maximum absolute atomic E-state index is 12.6. The third-order valence-electron chi connectivity index (χ3n) is 3.85. The molecule has 1 aliphatic rings. The van der Waals surface area contributed by atoms with Crippen LogP contribution >= 0.6 is 11.6 Å². The van der Waals surface area contributed by atoms with Crippen LogP contribution in [0.1, 0.15) is 28.8 Å². The number of hydrogen-bond acceptors (Lipinski definition) is 2. The summed E-state index contributed by atoms with van der Waals surface area (Å²) in [5, 5.41) is 0.672. The summed E-state index contributed by atoms with van der Waals surface area (Å²) in [6.07, 6.45) is 2.16. The number of nitrogens with zero attached hydrogens (tertiary/aromatic N) is 1. The zero-order chi connectivity index (χ0) is 15.4. The van der Waals surface area contributed by atoms with Crippen LogP contribution in [-0.4, -0.2) is 23.9 Å². The number of halogens is 1. The van der Waals surface area contributed by atoms with Crippen LogP contribution in [0.15, 0.2) is 48.5 Å². The summed E-state index contributed by atoms with van der Waals surface area (Å²) >= 11 is 6.14. The number of ether oxygens (including phenoxy) is 1. The maximum atomic E-state index is 12.6. The van der Waals surface area contributed by atoms with E-state index in [1.165, 1.54) is 0 Å².